The highest BCUT2D eigenvalue weighted by molar-refractivity contribution is 5.83. The molecule has 0 aliphatic rings. The first-order valence-electron chi connectivity index (χ1n) is 5.28. The minimum atomic E-state index is -0.279. The highest BCUT2D eigenvalue weighted by Crippen LogP contribution is 2.02. The number of hydrogen-bond acceptors (Lipinski definition) is 3. The highest BCUT2D eigenvalue weighted by atomic mass is 35.5. The molecule has 0 aromatic rings. The van der Waals surface area contributed by atoms with E-state index in [0.29, 0.717) is 13.0 Å². The van der Waals surface area contributed by atoms with Crippen molar-refractivity contribution in [3.8, 4) is 0 Å². The molecule has 0 heterocycles. The second-order valence-electron chi connectivity index (χ2n) is 3.52. The molecule has 0 aliphatic heterocycles. The number of methoxy groups -OCH3 is 1. The van der Waals surface area contributed by atoms with Gasteiger partial charge in [-0.05, 0) is 25.7 Å². The van der Waals surface area contributed by atoms with Crippen LogP contribution in [0.3, 0.4) is 0 Å². The van der Waals surface area contributed by atoms with Crippen LogP contribution in [0.5, 0.6) is 0 Å². The van der Waals surface area contributed by atoms with Gasteiger partial charge in [-0.2, -0.15) is 0 Å². The maximum Gasteiger partial charge on any atom is 0.149 e. The summed E-state index contributed by atoms with van der Waals surface area (Å²) in [5.41, 5.74) is 9.48. The number of ether oxygens (including phenoxy) is 1. The second kappa shape index (κ2) is 11.9. The lowest BCUT2D eigenvalue weighted by atomic mass is 10.0. The fourth-order valence-corrected chi connectivity index (χ4v) is 1.28. The molecule has 4 nitrogen and oxygen atoms in total. The molecule has 0 rings (SSSR count). The van der Waals surface area contributed by atoms with Gasteiger partial charge >= 0.3 is 0 Å². The Balaban J connectivity index is 0. The zero-order valence-corrected chi connectivity index (χ0v) is 10.3. The Morgan fingerprint density at radius 2 is 2.07 bits per heavy atom. The number of quaternary nitrogens is 1. The third-order valence-corrected chi connectivity index (χ3v) is 2.20. The summed E-state index contributed by atoms with van der Waals surface area (Å²) in [7, 11) is 1.64. The molecule has 0 amide bonds. The summed E-state index contributed by atoms with van der Waals surface area (Å²) in [5.74, 6) is 0.158. The van der Waals surface area contributed by atoms with Crippen molar-refractivity contribution in [1.29, 1.82) is 0 Å². The van der Waals surface area contributed by atoms with Gasteiger partial charge in [0.15, 0.2) is 0 Å². The summed E-state index contributed by atoms with van der Waals surface area (Å²) in [6.45, 7) is 1.56. The SMILES string of the molecule is COCCCC(=O)C(N)CCCC[NH3+].[Cl-]. The lowest BCUT2D eigenvalue weighted by molar-refractivity contribution is -0.368. The smallest absolute Gasteiger partial charge is 0.149 e. The molecule has 1 atom stereocenters. The number of ketones is 1. The largest absolute Gasteiger partial charge is 1.00 e. The fourth-order valence-electron chi connectivity index (χ4n) is 1.28. The standard InChI is InChI=1S/C10H22N2O2.ClH/c1-14-8-4-6-10(13)9(12)5-2-3-7-11;/h9H,2-8,11-12H2,1H3;1H. The van der Waals surface area contributed by atoms with E-state index in [9.17, 15) is 4.79 Å². The van der Waals surface area contributed by atoms with Crippen LogP contribution in [0.25, 0.3) is 0 Å². The van der Waals surface area contributed by atoms with E-state index >= 15 is 0 Å². The van der Waals surface area contributed by atoms with Crippen LogP contribution in [-0.2, 0) is 9.53 Å². The van der Waals surface area contributed by atoms with E-state index in [1.54, 1.807) is 7.11 Å². The number of Topliss-reactive ketones (excluding diaryl/α,β-unsaturated/α-hetero) is 1. The van der Waals surface area contributed by atoms with Crippen LogP contribution < -0.4 is 23.9 Å². The Kier molecular flexibility index (Phi) is 13.7. The quantitative estimate of drug-likeness (QED) is 0.414. The van der Waals surface area contributed by atoms with Crippen molar-refractivity contribution in [1.82, 2.24) is 0 Å². The van der Waals surface area contributed by atoms with Crippen molar-refractivity contribution in [2.75, 3.05) is 20.3 Å². The van der Waals surface area contributed by atoms with Crippen molar-refractivity contribution in [2.45, 2.75) is 38.1 Å². The summed E-state index contributed by atoms with van der Waals surface area (Å²) in [5, 5.41) is 0. The molecule has 0 radical (unpaired) electrons. The Morgan fingerprint density at radius 3 is 2.60 bits per heavy atom. The molecule has 0 saturated carbocycles. The molecule has 0 aromatic heterocycles. The summed E-state index contributed by atoms with van der Waals surface area (Å²) in [6, 6.07) is -0.279. The first kappa shape index (κ1) is 17.2. The molecule has 5 heteroatoms. The van der Waals surface area contributed by atoms with Crippen LogP contribution in [0.1, 0.15) is 32.1 Å². The minimum Gasteiger partial charge on any atom is -1.00 e. The molecule has 0 saturated heterocycles. The van der Waals surface area contributed by atoms with Crippen molar-refractivity contribution in [2.24, 2.45) is 5.73 Å². The predicted octanol–water partition coefficient (Wildman–Crippen LogP) is -3.27. The van der Waals surface area contributed by atoms with E-state index in [1.807, 2.05) is 0 Å². The van der Waals surface area contributed by atoms with Crippen molar-refractivity contribution < 1.29 is 27.7 Å². The number of halogens is 1. The summed E-state index contributed by atoms with van der Waals surface area (Å²) in [4.78, 5) is 11.4. The van der Waals surface area contributed by atoms with Gasteiger partial charge in [0.05, 0.1) is 12.6 Å². The van der Waals surface area contributed by atoms with Gasteiger partial charge in [-0.15, -0.1) is 0 Å². The van der Waals surface area contributed by atoms with Crippen LogP contribution in [0.2, 0.25) is 0 Å². The second-order valence-corrected chi connectivity index (χ2v) is 3.52. The number of hydrogen-bond donors (Lipinski definition) is 2. The molecular weight excluding hydrogens is 216 g/mol. The molecule has 92 valence electrons. The van der Waals surface area contributed by atoms with E-state index in [2.05, 4.69) is 5.73 Å². The van der Waals surface area contributed by atoms with Crippen LogP contribution in [-0.4, -0.2) is 32.1 Å². The zero-order chi connectivity index (χ0) is 10.8. The average molecular weight is 239 g/mol. The maximum atomic E-state index is 11.4. The van der Waals surface area contributed by atoms with E-state index in [0.717, 1.165) is 32.2 Å². The van der Waals surface area contributed by atoms with Gasteiger partial charge in [0.2, 0.25) is 0 Å². The van der Waals surface area contributed by atoms with Crippen LogP contribution in [0.15, 0.2) is 0 Å². The molecule has 0 aromatic carbocycles. The van der Waals surface area contributed by atoms with E-state index in [-0.39, 0.29) is 24.2 Å². The van der Waals surface area contributed by atoms with Gasteiger partial charge in [-0.1, -0.05) is 0 Å². The predicted molar refractivity (Wildman–Crippen MR) is 55.7 cm³/mol. The Morgan fingerprint density at radius 1 is 1.40 bits per heavy atom. The summed E-state index contributed by atoms with van der Waals surface area (Å²) >= 11 is 0. The summed E-state index contributed by atoms with van der Waals surface area (Å²) in [6.07, 6.45) is 4.17. The normalized spacial score (nSPS) is 11.9. The Bertz CT molecular complexity index is 156. The third kappa shape index (κ3) is 10.1. The fraction of sp³-hybridized carbons (Fsp3) is 0.900. The third-order valence-electron chi connectivity index (χ3n) is 2.20. The van der Waals surface area contributed by atoms with Crippen molar-refractivity contribution in [3.63, 3.8) is 0 Å². The van der Waals surface area contributed by atoms with E-state index in [4.69, 9.17) is 10.5 Å². The monoisotopic (exact) mass is 238 g/mol. The van der Waals surface area contributed by atoms with Gasteiger partial charge in [0, 0.05) is 20.1 Å². The topological polar surface area (TPSA) is 80.0 Å². The molecule has 0 aliphatic carbocycles. The highest BCUT2D eigenvalue weighted by Gasteiger charge is 2.11. The molecule has 15 heavy (non-hydrogen) atoms. The Hall–Kier alpha value is -0.160. The molecule has 5 N–H and O–H groups in total. The van der Waals surface area contributed by atoms with E-state index < -0.39 is 0 Å². The number of carbonyl (C=O) groups excluding carboxylic acids is 1. The number of unbranched alkanes of at least 4 members (excludes halogenated alkanes) is 1. The van der Waals surface area contributed by atoms with Gasteiger partial charge in [-0.25, -0.2) is 0 Å². The van der Waals surface area contributed by atoms with Gasteiger partial charge < -0.3 is 28.6 Å². The number of rotatable bonds is 9. The minimum absolute atomic E-state index is 0. The molecule has 1 unspecified atom stereocenters. The van der Waals surface area contributed by atoms with Gasteiger partial charge in [0.1, 0.15) is 5.78 Å². The molecular formula is C10H23ClN2O2. The number of nitrogens with two attached hydrogens (primary N) is 1. The van der Waals surface area contributed by atoms with Crippen molar-refractivity contribution in [3.05, 3.63) is 0 Å². The van der Waals surface area contributed by atoms with Crippen LogP contribution >= 0.6 is 0 Å². The summed E-state index contributed by atoms with van der Waals surface area (Å²) < 4.78 is 4.87. The van der Waals surface area contributed by atoms with Crippen LogP contribution in [0, 0.1) is 0 Å². The van der Waals surface area contributed by atoms with Crippen molar-refractivity contribution >= 4 is 5.78 Å². The van der Waals surface area contributed by atoms with E-state index in [1.165, 1.54) is 0 Å². The molecule has 0 bridgehead atoms. The zero-order valence-electron chi connectivity index (χ0n) is 9.51. The molecule has 0 spiro atoms. The first-order chi connectivity index (χ1) is 6.72. The number of carbonyl (C=O) groups is 1. The Labute approximate surface area is 98.1 Å². The first-order valence-corrected chi connectivity index (χ1v) is 5.28. The average Bonchev–Trinajstić information content (AvgIpc) is 2.18. The van der Waals surface area contributed by atoms with Gasteiger partial charge in [-0.3, -0.25) is 4.79 Å². The van der Waals surface area contributed by atoms with Crippen LogP contribution in [0.4, 0.5) is 0 Å². The lowest BCUT2D eigenvalue weighted by Gasteiger charge is -2.09. The maximum absolute atomic E-state index is 11.4. The lowest BCUT2D eigenvalue weighted by Crippen LogP contribution is -3.00. The molecule has 0 fully saturated rings. The van der Waals surface area contributed by atoms with Gasteiger partial charge in [0.25, 0.3) is 0 Å².